The highest BCUT2D eigenvalue weighted by Gasteiger charge is 2.30. The van der Waals surface area contributed by atoms with Crippen molar-refractivity contribution in [2.45, 2.75) is 46.0 Å². The van der Waals surface area contributed by atoms with E-state index in [2.05, 4.69) is 28.9 Å². The normalized spacial score (nSPS) is 11.4. The first kappa shape index (κ1) is 23.4. The number of amides is 2. The number of anilines is 1. The van der Waals surface area contributed by atoms with Gasteiger partial charge in [0.05, 0.1) is 12.1 Å². The minimum Gasteiger partial charge on any atom is -0.345 e. The largest absolute Gasteiger partial charge is 0.416 e. The average Bonchev–Trinajstić information content (AvgIpc) is 3.19. The molecule has 2 aromatic carbocycles. The second-order valence-corrected chi connectivity index (χ2v) is 7.83. The molecule has 1 aromatic heterocycles. The molecule has 0 aliphatic carbocycles. The van der Waals surface area contributed by atoms with E-state index in [1.807, 2.05) is 37.4 Å². The maximum Gasteiger partial charge on any atom is 0.416 e. The zero-order valence-corrected chi connectivity index (χ0v) is 18.3. The van der Waals surface area contributed by atoms with Gasteiger partial charge in [0.1, 0.15) is 0 Å². The van der Waals surface area contributed by atoms with Crippen LogP contribution in [0.4, 0.5) is 23.7 Å². The van der Waals surface area contributed by atoms with Gasteiger partial charge in [0.25, 0.3) is 0 Å². The lowest BCUT2D eigenvalue weighted by Crippen LogP contribution is -2.36. The molecule has 0 radical (unpaired) electrons. The van der Waals surface area contributed by atoms with Crippen LogP contribution in [0.15, 0.2) is 66.9 Å². The van der Waals surface area contributed by atoms with E-state index in [0.717, 1.165) is 30.7 Å². The van der Waals surface area contributed by atoms with Crippen molar-refractivity contribution in [2.24, 2.45) is 0 Å². The highest BCUT2D eigenvalue weighted by molar-refractivity contribution is 5.89. The maximum atomic E-state index is 12.9. The van der Waals surface area contributed by atoms with E-state index in [1.165, 1.54) is 23.3 Å². The lowest BCUT2D eigenvalue weighted by Gasteiger charge is -2.24. The number of aromatic nitrogens is 1. The minimum absolute atomic E-state index is 0.332. The van der Waals surface area contributed by atoms with Crippen LogP contribution in [-0.2, 0) is 19.3 Å². The lowest BCUT2D eigenvalue weighted by atomic mass is 10.1. The van der Waals surface area contributed by atoms with Gasteiger partial charge in [-0.15, -0.1) is 0 Å². The van der Waals surface area contributed by atoms with Crippen molar-refractivity contribution in [3.8, 4) is 0 Å². The molecule has 170 valence electrons. The summed E-state index contributed by atoms with van der Waals surface area (Å²) in [6.45, 7) is 5.79. The second kappa shape index (κ2) is 10.4. The topological polar surface area (TPSA) is 37.3 Å². The van der Waals surface area contributed by atoms with Crippen molar-refractivity contribution in [1.29, 1.82) is 0 Å². The van der Waals surface area contributed by atoms with Gasteiger partial charge in [-0.3, -0.25) is 0 Å². The third-order valence-corrected chi connectivity index (χ3v) is 5.41. The number of unbranched alkanes of at least 4 members (excludes halogenated alkanes) is 1. The quantitative estimate of drug-likeness (QED) is 0.413. The molecule has 2 amide bonds. The fourth-order valence-electron chi connectivity index (χ4n) is 3.46. The van der Waals surface area contributed by atoms with Crippen molar-refractivity contribution in [3.63, 3.8) is 0 Å². The molecule has 3 rings (SSSR count). The Morgan fingerprint density at radius 2 is 1.75 bits per heavy atom. The van der Waals surface area contributed by atoms with Gasteiger partial charge in [-0.2, -0.15) is 13.2 Å². The van der Waals surface area contributed by atoms with Gasteiger partial charge in [-0.25, -0.2) is 4.79 Å². The molecule has 32 heavy (non-hydrogen) atoms. The number of aryl methyl sites for hydroxylation is 1. The smallest absolute Gasteiger partial charge is 0.345 e. The fraction of sp³-hybridized carbons (Fsp3) is 0.320. The van der Waals surface area contributed by atoms with E-state index in [0.29, 0.717) is 25.3 Å². The van der Waals surface area contributed by atoms with Gasteiger partial charge >= 0.3 is 12.2 Å². The number of rotatable bonds is 8. The van der Waals surface area contributed by atoms with Gasteiger partial charge in [-0.05, 0) is 60.9 Å². The molecule has 0 saturated heterocycles. The van der Waals surface area contributed by atoms with Crippen LogP contribution in [0.1, 0.15) is 42.1 Å². The number of halogens is 3. The molecule has 7 heteroatoms. The summed E-state index contributed by atoms with van der Waals surface area (Å²) < 4.78 is 40.5. The molecule has 0 bridgehead atoms. The number of nitrogens with one attached hydrogen (secondary N) is 1. The predicted octanol–water partition coefficient (Wildman–Crippen LogP) is 6.70. The Morgan fingerprint density at radius 3 is 2.41 bits per heavy atom. The third kappa shape index (κ3) is 6.15. The van der Waals surface area contributed by atoms with Gasteiger partial charge in [0, 0.05) is 30.7 Å². The SMILES string of the molecule is CCCCN(Cc1cccn1Cc1ccccc1C)C(=O)Nc1ccc(C(F)(F)F)cc1. The molecule has 0 aliphatic rings. The van der Waals surface area contributed by atoms with E-state index in [1.54, 1.807) is 4.90 Å². The van der Waals surface area contributed by atoms with Crippen LogP contribution in [0.25, 0.3) is 0 Å². The first-order valence-electron chi connectivity index (χ1n) is 10.7. The number of carbonyl (C=O) groups excluding carboxylic acids is 1. The van der Waals surface area contributed by atoms with Crippen LogP contribution >= 0.6 is 0 Å². The van der Waals surface area contributed by atoms with E-state index in [9.17, 15) is 18.0 Å². The summed E-state index contributed by atoms with van der Waals surface area (Å²) in [6.07, 6.45) is -0.654. The van der Waals surface area contributed by atoms with Crippen LogP contribution in [-0.4, -0.2) is 22.0 Å². The van der Waals surface area contributed by atoms with Crippen molar-refractivity contribution in [1.82, 2.24) is 9.47 Å². The molecule has 1 N–H and O–H groups in total. The van der Waals surface area contributed by atoms with Crippen LogP contribution in [0, 0.1) is 6.92 Å². The number of hydrogen-bond donors (Lipinski definition) is 1. The molecule has 0 spiro atoms. The molecule has 4 nitrogen and oxygen atoms in total. The number of nitrogens with zero attached hydrogens (tertiary/aromatic N) is 2. The van der Waals surface area contributed by atoms with Crippen LogP contribution < -0.4 is 5.32 Å². The molecule has 0 saturated carbocycles. The van der Waals surface area contributed by atoms with Crippen molar-refractivity contribution in [3.05, 3.63) is 89.2 Å². The first-order valence-corrected chi connectivity index (χ1v) is 10.7. The van der Waals surface area contributed by atoms with Crippen LogP contribution in [0.2, 0.25) is 0 Å². The summed E-state index contributed by atoms with van der Waals surface area (Å²) in [7, 11) is 0. The number of urea groups is 1. The molecule has 0 fully saturated rings. The Morgan fingerprint density at radius 1 is 1.03 bits per heavy atom. The van der Waals surface area contributed by atoms with E-state index >= 15 is 0 Å². The van der Waals surface area contributed by atoms with Gasteiger partial charge in [-0.1, -0.05) is 37.6 Å². The average molecular weight is 444 g/mol. The van der Waals surface area contributed by atoms with Crippen molar-refractivity contribution < 1.29 is 18.0 Å². The Labute approximate surface area is 186 Å². The second-order valence-electron chi connectivity index (χ2n) is 7.83. The number of carbonyl (C=O) groups is 1. The zero-order chi connectivity index (χ0) is 23.1. The predicted molar refractivity (Wildman–Crippen MR) is 120 cm³/mol. The highest BCUT2D eigenvalue weighted by Crippen LogP contribution is 2.29. The summed E-state index contributed by atoms with van der Waals surface area (Å²) in [4.78, 5) is 14.6. The molecule has 1 heterocycles. The van der Waals surface area contributed by atoms with E-state index < -0.39 is 11.7 Å². The van der Waals surface area contributed by atoms with Crippen molar-refractivity contribution in [2.75, 3.05) is 11.9 Å². The molecule has 0 unspecified atom stereocenters. The molecular weight excluding hydrogens is 415 g/mol. The van der Waals surface area contributed by atoms with Gasteiger partial charge < -0.3 is 14.8 Å². The minimum atomic E-state index is -4.40. The maximum absolute atomic E-state index is 12.9. The summed E-state index contributed by atoms with van der Waals surface area (Å²) >= 11 is 0. The number of alkyl halides is 3. The Balaban J connectivity index is 1.72. The van der Waals surface area contributed by atoms with E-state index in [4.69, 9.17) is 0 Å². The standard InChI is InChI=1S/C25H28F3N3O/c1-3-4-15-31(24(32)29-22-13-11-21(12-14-22)25(26,27)28)18-23-10-7-16-30(23)17-20-9-6-5-8-19(20)2/h5-14,16H,3-4,15,17-18H2,1-2H3,(H,29,32). The van der Waals surface area contributed by atoms with E-state index in [-0.39, 0.29) is 6.03 Å². The summed E-state index contributed by atoms with van der Waals surface area (Å²) in [6, 6.07) is 16.3. The third-order valence-electron chi connectivity index (χ3n) is 5.41. The summed E-state index contributed by atoms with van der Waals surface area (Å²) in [5, 5.41) is 2.73. The fourth-order valence-corrected chi connectivity index (χ4v) is 3.46. The number of hydrogen-bond acceptors (Lipinski definition) is 1. The molecule has 3 aromatic rings. The molecular formula is C25H28F3N3O. The highest BCUT2D eigenvalue weighted by atomic mass is 19.4. The Bertz CT molecular complexity index is 1030. The summed E-state index contributed by atoms with van der Waals surface area (Å²) in [5.41, 5.74) is 2.99. The molecule has 0 atom stereocenters. The monoisotopic (exact) mass is 443 g/mol. The van der Waals surface area contributed by atoms with Gasteiger partial charge in [0.2, 0.25) is 0 Å². The zero-order valence-electron chi connectivity index (χ0n) is 18.3. The lowest BCUT2D eigenvalue weighted by molar-refractivity contribution is -0.137. The van der Waals surface area contributed by atoms with Crippen molar-refractivity contribution >= 4 is 11.7 Å². The molecule has 0 aliphatic heterocycles. The summed E-state index contributed by atoms with van der Waals surface area (Å²) in [5.74, 6) is 0. The first-order chi connectivity index (χ1) is 15.3. The Hall–Kier alpha value is -3.22. The Kier molecular flexibility index (Phi) is 7.62. The van der Waals surface area contributed by atoms with Crippen LogP contribution in [0.3, 0.4) is 0 Å². The number of benzene rings is 2. The van der Waals surface area contributed by atoms with Crippen LogP contribution in [0.5, 0.6) is 0 Å². The van der Waals surface area contributed by atoms with Gasteiger partial charge in [0.15, 0.2) is 0 Å².